The van der Waals surface area contributed by atoms with Gasteiger partial charge in [0.15, 0.2) is 0 Å². The van der Waals surface area contributed by atoms with Gasteiger partial charge in [-0.25, -0.2) is 9.97 Å². The molecule has 2 aromatic heterocycles. The molecule has 1 atom stereocenters. The first-order chi connectivity index (χ1) is 14.0. The molecule has 0 radical (unpaired) electrons. The van der Waals surface area contributed by atoms with Crippen LogP contribution in [0.25, 0.3) is 21.5 Å². The van der Waals surface area contributed by atoms with Gasteiger partial charge in [-0.05, 0) is 37.6 Å². The molecular formula is C22H20N4O2S. The van der Waals surface area contributed by atoms with Crippen LogP contribution in [-0.4, -0.2) is 20.4 Å². The van der Waals surface area contributed by atoms with Crippen molar-refractivity contribution < 1.29 is 4.79 Å². The second-order valence-corrected chi connectivity index (χ2v) is 7.72. The Morgan fingerprint density at radius 1 is 1.21 bits per heavy atom. The molecule has 146 valence electrons. The molecular weight excluding hydrogens is 384 g/mol. The molecule has 1 unspecified atom stereocenters. The fraction of sp³-hybridized carbons (Fsp3) is 0.182. The number of nitrogens with zero attached hydrogens (tertiary/aromatic N) is 3. The molecule has 0 spiro atoms. The van der Waals surface area contributed by atoms with Crippen molar-refractivity contribution >= 4 is 28.1 Å². The van der Waals surface area contributed by atoms with E-state index < -0.39 is 6.04 Å². The van der Waals surface area contributed by atoms with Gasteiger partial charge < -0.3 is 5.32 Å². The van der Waals surface area contributed by atoms with E-state index in [0.29, 0.717) is 17.4 Å². The number of aromatic nitrogens is 3. The van der Waals surface area contributed by atoms with Gasteiger partial charge in [0, 0.05) is 23.2 Å². The zero-order chi connectivity index (χ0) is 20.4. The summed E-state index contributed by atoms with van der Waals surface area (Å²) >= 11 is 1.60. The monoisotopic (exact) mass is 404 g/mol. The number of fused-ring (bicyclic) bond motifs is 1. The topological polar surface area (TPSA) is 76.9 Å². The minimum absolute atomic E-state index is 0.223. The number of rotatable bonds is 5. The molecule has 1 N–H and O–H groups in total. The highest BCUT2D eigenvalue weighted by Crippen LogP contribution is 2.24. The summed E-state index contributed by atoms with van der Waals surface area (Å²) in [6.45, 7) is 4.04. The largest absolute Gasteiger partial charge is 0.350 e. The maximum atomic E-state index is 12.7. The predicted octanol–water partition coefficient (Wildman–Crippen LogP) is 3.71. The van der Waals surface area contributed by atoms with Gasteiger partial charge in [-0.15, -0.1) is 11.3 Å². The molecule has 7 heteroatoms. The van der Waals surface area contributed by atoms with Gasteiger partial charge in [0.05, 0.1) is 17.2 Å². The molecule has 6 nitrogen and oxygen atoms in total. The van der Waals surface area contributed by atoms with E-state index in [1.165, 1.54) is 10.9 Å². The van der Waals surface area contributed by atoms with Gasteiger partial charge in [0.25, 0.3) is 5.56 Å². The van der Waals surface area contributed by atoms with E-state index in [0.717, 1.165) is 21.8 Å². The zero-order valence-electron chi connectivity index (χ0n) is 16.1. The number of amides is 1. The quantitative estimate of drug-likeness (QED) is 0.550. The smallest absolute Gasteiger partial charge is 0.261 e. The molecule has 0 aliphatic heterocycles. The average molecular weight is 404 g/mol. The van der Waals surface area contributed by atoms with Crippen LogP contribution in [0.3, 0.4) is 0 Å². The first kappa shape index (κ1) is 19.0. The molecule has 0 fully saturated rings. The summed E-state index contributed by atoms with van der Waals surface area (Å²) < 4.78 is 1.37. The molecule has 0 aliphatic carbocycles. The lowest BCUT2D eigenvalue weighted by atomic mass is 10.1. The maximum Gasteiger partial charge on any atom is 0.261 e. The van der Waals surface area contributed by atoms with Gasteiger partial charge in [-0.2, -0.15) is 0 Å². The van der Waals surface area contributed by atoms with E-state index in [-0.39, 0.29) is 11.5 Å². The Morgan fingerprint density at radius 2 is 2.03 bits per heavy atom. The van der Waals surface area contributed by atoms with Crippen LogP contribution in [0, 0.1) is 6.92 Å². The van der Waals surface area contributed by atoms with Gasteiger partial charge in [0.2, 0.25) is 5.91 Å². The Morgan fingerprint density at radius 3 is 2.83 bits per heavy atom. The summed E-state index contributed by atoms with van der Waals surface area (Å²) in [5.74, 6) is -0.236. The Labute approximate surface area is 171 Å². The van der Waals surface area contributed by atoms with Crippen LogP contribution in [0.4, 0.5) is 0 Å². The van der Waals surface area contributed by atoms with Crippen molar-refractivity contribution in [2.75, 3.05) is 0 Å². The number of nitrogens with one attached hydrogen (secondary N) is 1. The van der Waals surface area contributed by atoms with Crippen LogP contribution < -0.4 is 10.9 Å². The van der Waals surface area contributed by atoms with Crippen LogP contribution >= 0.6 is 11.3 Å². The number of aryl methyl sites for hydroxylation is 1. The summed E-state index contributed by atoms with van der Waals surface area (Å²) in [6, 6.07) is 14.4. The standard InChI is InChI=1S/C22H20N4O2S/c1-14-12-29-21(25-14)17-7-5-6-16(10-17)11-23-20(27)15(2)26-13-24-19-9-4-3-8-18(19)22(26)28/h3-10,12-13,15H,11H2,1-2H3,(H,23,27). The molecule has 0 saturated heterocycles. The van der Waals surface area contributed by atoms with Crippen LogP contribution in [0.2, 0.25) is 0 Å². The molecule has 4 aromatic rings. The van der Waals surface area contributed by atoms with Gasteiger partial charge >= 0.3 is 0 Å². The van der Waals surface area contributed by atoms with E-state index in [4.69, 9.17) is 0 Å². The van der Waals surface area contributed by atoms with Crippen molar-refractivity contribution in [3.8, 4) is 10.6 Å². The van der Waals surface area contributed by atoms with Crippen LogP contribution in [-0.2, 0) is 11.3 Å². The molecule has 0 aliphatic rings. The SMILES string of the molecule is Cc1csc(-c2cccc(CNC(=O)C(C)n3cnc4ccccc4c3=O)c2)n1. The third kappa shape index (κ3) is 3.95. The van der Waals surface area contributed by atoms with Crippen molar-refractivity contribution in [2.24, 2.45) is 0 Å². The van der Waals surface area contributed by atoms with E-state index in [2.05, 4.69) is 15.3 Å². The Kier molecular flexibility index (Phi) is 5.22. The molecule has 2 heterocycles. The summed E-state index contributed by atoms with van der Waals surface area (Å²) in [6.07, 6.45) is 1.43. The van der Waals surface area contributed by atoms with E-state index in [1.54, 1.807) is 36.5 Å². The van der Waals surface area contributed by atoms with Crippen LogP contribution in [0.15, 0.2) is 65.0 Å². The maximum absolute atomic E-state index is 12.7. The van der Waals surface area contributed by atoms with Crippen molar-refractivity contribution in [3.63, 3.8) is 0 Å². The number of carbonyl (C=O) groups is 1. The summed E-state index contributed by atoms with van der Waals surface area (Å²) in [4.78, 5) is 34.1. The lowest BCUT2D eigenvalue weighted by Crippen LogP contribution is -2.35. The van der Waals surface area contributed by atoms with Gasteiger partial charge in [-0.3, -0.25) is 14.2 Å². The van der Waals surface area contributed by atoms with E-state index in [1.807, 2.05) is 42.6 Å². The summed E-state index contributed by atoms with van der Waals surface area (Å²) in [7, 11) is 0. The number of thiazole rings is 1. The highest BCUT2D eigenvalue weighted by molar-refractivity contribution is 7.13. The number of para-hydroxylation sites is 1. The van der Waals surface area contributed by atoms with Crippen molar-refractivity contribution in [1.82, 2.24) is 19.9 Å². The minimum atomic E-state index is -0.663. The van der Waals surface area contributed by atoms with Gasteiger partial charge in [0.1, 0.15) is 11.0 Å². The molecule has 0 bridgehead atoms. The normalized spacial score (nSPS) is 12.1. The lowest BCUT2D eigenvalue weighted by molar-refractivity contribution is -0.124. The zero-order valence-corrected chi connectivity index (χ0v) is 16.9. The fourth-order valence-corrected chi connectivity index (χ4v) is 3.92. The Hall–Kier alpha value is -3.32. The number of hydrogen-bond acceptors (Lipinski definition) is 5. The third-order valence-corrected chi connectivity index (χ3v) is 5.76. The second kappa shape index (κ2) is 7.97. The first-order valence-electron chi connectivity index (χ1n) is 9.28. The Bertz CT molecular complexity index is 1240. The second-order valence-electron chi connectivity index (χ2n) is 6.86. The van der Waals surface area contributed by atoms with E-state index in [9.17, 15) is 9.59 Å². The molecule has 29 heavy (non-hydrogen) atoms. The minimum Gasteiger partial charge on any atom is -0.350 e. The average Bonchev–Trinajstić information content (AvgIpc) is 3.18. The lowest BCUT2D eigenvalue weighted by Gasteiger charge is -2.15. The number of carbonyl (C=O) groups excluding carboxylic acids is 1. The molecule has 1 amide bonds. The highest BCUT2D eigenvalue weighted by Gasteiger charge is 2.17. The third-order valence-electron chi connectivity index (χ3n) is 4.75. The van der Waals surface area contributed by atoms with Crippen molar-refractivity contribution in [3.05, 3.63) is 81.8 Å². The number of hydrogen-bond donors (Lipinski definition) is 1. The first-order valence-corrected chi connectivity index (χ1v) is 10.2. The van der Waals surface area contributed by atoms with Crippen LogP contribution in [0.1, 0.15) is 24.2 Å². The van der Waals surface area contributed by atoms with Gasteiger partial charge in [-0.1, -0.05) is 30.3 Å². The molecule has 0 saturated carbocycles. The Balaban J connectivity index is 1.49. The van der Waals surface area contributed by atoms with E-state index >= 15 is 0 Å². The summed E-state index contributed by atoms with van der Waals surface area (Å²) in [5.41, 5.74) is 3.39. The summed E-state index contributed by atoms with van der Waals surface area (Å²) in [5, 5.41) is 6.38. The highest BCUT2D eigenvalue weighted by atomic mass is 32.1. The fourth-order valence-electron chi connectivity index (χ4n) is 3.12. The molecule has 2 aromatic carbocycles. The number of benzene rings is 2. The predicted molar refractivity (Wildman–Crippen MR) is 115 cm³/mol. The van der Waals surface area contributed by atoms with Crippen LogP contribution in [0.5, 0.6) is 0 Å². The van der Waals surface area contributed by atoms with Crippen molar-refractivity contribution in [2.45, 2.75) is 26.4 Å². The molecule has 4 rings (SSSR count). The van der Waals surface area contributed by atoms with Crippen molar-refractivity contribution in [1.29, 1.82) is 0 Å².